The summed E-state index contributed by atoms with van der Waals surface area (Å²) in [6.07, 6.45) is 17.8. The van der Waals surface area contributed by atoms with Gasteiger partial charge in [0, 0.05) is 0 Å². The summed E-state index contributed by atoms with van der Waals surface area (Å²) >= 11 is 0. The molecule has 1 heterocycles. The number of allylic oxidation sites excluding steroid dienone is 5. The van der Waals surface area contributed by atoms with Gasteiger partial charge >= 0.3 is 0 Å². The zero-order valence-corrected chi connectivity index (χ0v) is 24.2. The van der Waals surface area contributed by atoms with Gasteiger partial charge in [0.2, 0.25) is 0 Å². The van der Waals surface area contributed by atoms with Gasteiger partial charge in [0.05, 0.1) is 0 Å². The number of benzene rings is 3. The van der Waals surface area contributed by atoms with Crippen molar-refractivity contribution >= 4 is 24.5 Å². The molecule has 0 fully saturated rings. The van der Waals surface area contributed by atoms with Gasteiger partial charge < -0.3 is 0 Å². The number of rotatable bonds is 8. The van der Waals surface area contributed by atoms with Crippen LogP contribution in [0.15, 0.2) is 94.8 Å². The Balaban J connectivity index is 1.69. The van der Waals surface area contributed by atoms with Gasteiger partial charge in [0.25, 0.3) is 0 Å². The average Bonchev–Trinajstić information content (AvgIpc) is 2.90. The number of hydrogen-bond acceptors (Lipinski definition) is 0. The van der Waals surface area contributed by atoms with Gasteiger partial charge in [-0.25, -0.2) is 0 Å². The first-order valence-corrected chi connectivity index (χ1v) is 16.4. The van der Waals surface area contributed by atoms with Crippen LogP contribution in [-0.4, -0.2) is 8.07 Å². The number of aryl methyl sites for hydroxylation is 4. The average molecular weight is 503 g/mol. The summed E-state index contributed by atoms with van der Waals surface area (Å²) in [5, 5.41) is 6.33. The molecule has 37 heavy (non-hydrogen) atoms. The van der Waals surface area contributed by atoms with Gasteiger partial charge in [0.1, 0.15) is 0 Å². The summed E-state index contributed by atoms with van der Waals surface area (Å²) in [7, 11) is -2.32. The van der Waals surface area contributed by atoms with Gasteiger partial charge in [-0.1, -0.05) is 127 Å². The van der Waals surface area contributed by atoms with Crippen LogP contribution in [0, 0.1) is 20.8 Å². The molecule has 1 aliphatic carbocycles. The van der Waals surface area contributed by atoms with Crippen LogP contribution in [0.5, 0.6) is 0 Å². The van der Waals surface area contributed by atoms with E-state index in [1.54, 1.807) is 21.2 Å². The molecule has 1 atom stereocenters. The summed E-state index contributed by atoms with van der Waals surface area (Å²) in [5.41, 5.74) is 8.67. The minimum atomic E-state index is -2.32. The Kier molecular flexibility index (Phi) is 7.81. The Labute approximate surface area is 225 Å². The minimum Gasteiger partial charge on any atom is -0.0814 e. The maximum absolute atomic E-state index is 2.56. The van der Waals surface area contributed by atoms with Crippen molar-refractivity contribution in [1.29, 1.82) is 0 Å². The van der Waals surface area contributed by atoms with Gasteiger partial charge in [-0.3, -0.25) is 0 Å². The number of unbranched alkanes of at least 4 members (excludes halogenated alkanes) is 2. The topological polar surface area (TPSA) is 0 Å². The Morgan fingerprint density at radius 1 is 0.838 bits per heavy atom. The second kappa shape index (κ2) is 11.2. The third kappa shape index (κ3) is 4.99. The summed E-state index contributed by atoms with van der Waals surface area (Å²) in [5.74, 6) is 0. The van der Waals surface area contributed by atoms with Crippen LogP contribution >= 0.6 is 0 Å². The molecule has 0 bridgehead atoms. The largest absolute Gasteiger partial charge is 0.180 e. The molecule has 0 N–H and O–H groups in total. The SMILES string of the molecule is CCCCCc1ccc(/C=C2/C=C(C3=CCCCC3)[Si]2(c2ccccc2)c2c(C)cc(C)cc2C)cc1. The molecule has 5 rings (SSSR count). The molecule has 3 aromatic carbocycles. The predicted molar refractivity (Wildman–Crippen MR) is 164 cm³/mol. The Morgan fingerprint density at radius 2 is 1.57 bits per heavy atom. The first-order valence-electron chi connectivity index (χ1n) is 14.4. The molecule has 2 aliphatic rings. The van der Waals surface area contributed by atoms with Crippen molar-refractivity contribution in [2.45, 2.75) is 79.1 Å². The highest BCUT2D eigenvalue weighted by molar-refractivity contribution is 7.16. The van der Waals surface area contributed by atoms with Crippen LogP contribution in [0.25, 0.3) is 6.08 Å². The molecule has 1 unspecified atom stereocenters. The van der Waals surface area contributed by atoms with Crippen molar-refractivity contribution in [3.8, 4) is 0 Å². The molecular weight excluding hydrogens is 460 g/mol. The van der Waals surface area contributed by atoms with Crippen molar-refractivity contribution < 1.29 is 0 Å². The lowest BCUT2D eigenvalue weighted by atomic mass is 9.98. The standard InChI is InChI=1S/C36H42Si/c1-5-6-9-14-30-19-21-31(22-20-30)25-34-26-35(32-15-10-7-11-16-32)37(34,33-17-12-8-13-18-33)36-28(3)23-27(2)24-29(36)4/h8,12-13,15,17-26H,5-7,9-11,14,16H2,1-4H3/b34-25-. The van der Waals surface area contributed by atoms with Gasteiger partial charge in [0.15, 0.2) is 8.07 Å². The summed E-state index contributed by atoms with van der Waals surface area (Å²) in [6, 6.07) is 25.7. The highest BCUT2D eigenvalue weighted by Crippen LogP contribution is 2.44. The zero-order chi connectivity index (χ0) is 25.8. The predicted octanol–water partition coefficient (Wildman–Crippen LogP) is 8.51. The molecule has 3 aromatic rings. The molecule has 1 heteroatoms. The monoisotopic (exact) mass is 502 g/mol. The van der Waals surface area contributed by atoms with E-state index in [0.717, 1.165) is 0 Å². The van der Waals surface area contributed by atoms with E-state index in [4.69, 9.17) is 0 Å². The Morgan fingerprint density at radius 3 is 2.22 bits per heavy atom. The van der Waals surface area contributed by atoms with E-state index in [2.05, 4.69) is 113 Å². The molecule has 0 amide bonds. The van der Waals surface area contributed by atoms with Crippen molar-refractivity contribution in [3.63, 3.8) is 0 Å². The third-order valence-corrected chi connectivity index (χ3v) is 13.6. The van der Waals surface area contributed by atoms with E-state index in [1.165, 1.54) is 84.4 Å². The molecule has 0 saturated heterocycles. The lowest BCUT2D eigenvalue weighted by Crippen LogP contribution is -2.67. The smallest absolute Gasteiger partial charge is 0.0814 e. The normalized spacial score (nSPS) is 20.4. The van der Waals surface area contributed by atoms with E-state index < -0.39 is 8.07 Å². The van der Waals surface area contributed by atoms with Crippen LogP contribution < -0.4 is 10.4 Å². The zero-order valence-electron chi connectivity index (χ0n) is 23.2. The Hall–Kier alpha value is -2.90. The first kappa shape index (κ1) is 25.7. The van der Waals surface area contributed by atoms with Crippen LogP contribution in [0.3, 0.4) is 0 Å². The molecule has 0 aromatic heterocycles. The molecule has 0 radical (unpaired) electrons. The van der Waals surface area contributed by atoms with E-state index in [-0.39, 0.29) is 0 Å². The van der Waals surface area contributed by atoms with Crippen molar-refractivity contribution in [3.05, 3.63) is 123 Å². The van der Waals surface area contributed by atoms with Crippen molar-refractivity contribution in [2.75, 3.05) is 0 Å². The van der Waals surface area contributed by atoms with Crippen molar-refractivity contribution in [1.82, 2.24) is 0 Å². The maximum Gasteiger partial charge on any atom is 0.180 e. The van der Waals surface area contributed by atoms with E-state index in [0.29, 0.717) is 0 Å². The summed E-state index contributed by atoms with van der Waals surface area (Å²) in [4.78, 5) is 0. The first-order chi connectivity index (χ1) is 18.0. The Bertz CT molecular complexity index is 1310. The lowest BCUT2D eigenvalue weighted by molar-refractivity contribution is 0.709. The molecule has 0 spiro atoms. The summed E-state index contributed by atoms with van der Waals surface area (Å²) < 4.78 is 0. The van der Waals surface area contributed by atoms with E-state index in [1.807, 2.05) is 0 Å². The number of hydrogen-bond donors (Lipinski definition) is 0. The summed E-state index contributed by atoms with van der Waals surface area (Å²) in [6.45, 7) is 9.21. The fourth-order valence-corrected chi connectivity index (χ4v) is 12.2. The fourth-order valence-electron chi connectivity index (χ4n) is 6.76. The fraction of sp³-hybridized carbons (Fsp3) is 0.333. The van der Waals surface area contributed by atoms with Crippen LogP contribution in [-0.2, 0) is 6.42 Å². The van der Waals surface area contributed by atoms with Crippen molar-refractivity contribution in [2.24, 2.45) is 0 Å². The minimum absolute atomic E-state index is 1.19. The second-order valence-corrected chi connectivity index (χ2v) is 14.9. The lowest BCUT2D eigenvalue weighted by Gasteiger charge is -2.47. The van der Waals surface area contributed by atoms with Gasteiger partial charge in [-0.2, -0.15) is 0 Å². The van der Waals surface area contributed by atoms with Gasteiger partial charge in [-0.15, -0.1) is 0 Å². The van der Waals surface area contributed by atoms with E-state index >= 15 is 0 Å². The molecule has 190 valence electrons. The quantitative estimate of drug-likeness (QED) is 0.214. The van der Waals surface area contributed by atoms with Gasteiger partial charge in [-0.05, 0) is 91.2 Å². The van der Waals surface area contributed by atoms with E-state index in [9.17, 15) is 0 Å². The molecule has 0 nitrogen and oxygen atoms in total. The highest BCUT2D eigenvalue weighted by Gasteiger charge is 2.52. The molecule has 1 aliphatic heterocycles. The highest BCUT2D eigenvalue weighted by atomic mass is 28.3. The van der Waals surface area contributed by atoms with Crippen LogP contribution in [0.2, 0.25) is 0 Å². The molecule has 0 saturated carbocycles. The van der Waals surface area contributed by atoms with Crippen LogP contribution in [0.4, 0.5) is 0 Å². The van der Waals surface area contributed by atoms with Crippen LogP contribution in [0.1, 0.15) is 79.7 Å². The molecular formula is C36H42Si. The third-order valence-electron chi connectivity index (χ3n) is 8.40. The second-order valence-electron chi connectivity index (χ2n) is 11.2. The maximum atomic E-state index is 2.56.